The summed E-state index contributed by atoms with van der Waals surface area (Å²) in [6.45, 7) is 1.66. The predicted octanol–water partition coefficient (Wildman–Crippen LogP) is 3.76. The number of carbonyl (C=O) groups is 1. The highest BCUT2D eigenvalue weighted by Crippen LogP contribution is 2.18. The molecule has 27 heavy (non-hydrogen) atoms. The van der Waals surface area contributed by atoms with E-state index in [0.29, 0.717) is 23.3 Å². The molecule has 0 fully saturated rings. The molecular formula is C18H15F2N3O3S. The Bertz CT molecular complexity index is 1120. The van der Waals surface area contributed by atoms with Crippen molar-refractivity contribution >= 4 is 15.6 Å². The molecule has 9 heteroatoms. The minimum atomic E-state index is -3.05. The second kappa shape index (κ2) is 7.36. The maximum atomic E-state index is 13.7. The molecule has 6 nitrogen and oxygen atoms in total. The normalized spacial score (nSPS) is 13.2. The van der Waals surface area contributed by atoms with Crippen LogP contribution in [0.2, 0.25) is 0 Å². The van der Waals surface area contributed by atoms with Gasteiger partial charge in [-0.3, -0.25) is 4.79 Å². The molecule has 140 valence electrons. The summed E-state index contributed by atoms with van der Waals surface area (Å²) in [5.41, 5.74) is 0.894. The molecule has 0 aliphatic heterocycles. The zero-order valence-electron chi connectivity index (χ0n) is 14.5. The Morgan fingerprint density at radius 2 is 1.89 bits per heavy atom. The Balaban J connectivity index is 1.81. The smallest absolute Gasteiger partial charge is 0.285 e. The summed E-state index contributed by atoms with van der Waals surface area (Å²) in [6, 6.07) is 9.19. The van der Waals surface area contributed by atoms with E-state index in [4.69, 9.17) is 4.52 Å². The number of carbonyl (C=O) groups excluding carboxylic acids is 1. The number of aromatic nitrogens is 2. The van der Waals surface area contributed by atoms with Gasteiger partial charge >= 0.3 is 0 Å². The highest BCUT2D eigenvalue weighted by atomic mass is 32.2. The fourth-order valence-electron chi connectivity index (χ4n) is 2.37. The number of rotatable bonds is 4. The van der Waals surface area contributed by atoms with Crippen molar-refractivity contribution in [2.75, 3.05) is 6.26 Å². The van der Waals surface area contributed by atoms with E-state index in [1.807, 2.05) is 0 Å². The summed E-state index contributed by atoms with van der Waals surface area (Å²) < 4.78 is 47.9. The van der Waals surface area contributed by atoms with Crippen LogP contribution in [0.1, 0.15) is 21.8 Å². The van der Waals surface area contributed by atoms with Gasteiger partial charge in [-0.05, 0) is 18.2 Å². The lowest BCUT2D eigenvalue weighted by Crippen LogP contribution is -2.07. The van der Waals surface area contributed by atoms with E-state index in [-0.39, 0.29) is 16.9 Å². The van der Waals surface area contributed by atoms with Gasteiger partial charge < -0.3 is 4.52 Å². The summed E-state index contributed by atoms with van der Waals surface area (Å²) in [5, 5.41) is 3.78. The molecule has 1 unspecified atom stereocenters. The third kappa shape index (κ3) is 4.62. The number of hydrogen-bond donors (Lipinski definition) is 0. The van der Waals surface area contributed by atoms with Gasteiger partial charge in [-0.1, -0.05) is 23.4 Å². The Kier molecular flexibility index (Phi) is 5.13. The fourth-order valence-corrected chi connectivity index (χ4v) is 3.70. The molecule has 0 radical (unpaired) electrons. The van der Waals surface area contributed by atoms with E-state index in [0.717, 1.165) is 6.07 Å². The molecule has 0 bridgehead atoms. The second-order valence-corrected chi connectivity index (χ2v) is 8.34. The van der Waals surface area contributed by atoms with Gasteiger partial charge in [-0.25, -0.2) is 13.0 Å². The first-order chi connectivity index (χ1) is 12.7. The zero-order valence-corrected chi connectivity index (χ0v) is 15.3. The van der Waals surface area contributed by atoms with Crippen LogP contribution in [0.5, 0.6) is 0 Å². The Morgan fingerprint density at radius 1 is 1.19 bits per heavy atom. The molecule has 1 amide bonds. The standard InChI is InChI=1S/C18H15F2N3O3S/c1-11-21-17(22-26-11)12-3-5-13(6-4-12)18(24)23-27(2,25)10-14-7-8-15(19)9-16(14)20/h3-9H,10H2,1-2H3. The van der Waals surface area contributed by atoms with Crippen molar-refractivity contribution in [2.24, 2.45) is 4.36 Å². The van der Waals surface area contributed by atoms with Gasteiger partial charge in [0, 0.05) is 35.9 Å². The molecule has 1 aromatic heterocycles. The van der Waals surface area contributed by atoms with Crippen molar-refractivity contribution in [1.82, 2.24) is 10.1 Å². The van der Waals surface area contributed by atoms with Crippen molar-refractivity contribution in [1.29, 1.82) is 0 Å². The van der Waals surface area contributed by atoms with E-state index in [1.165, 1.54) is 24.5 Å². The average Bonchev–Trinajstić information content (AvgIpc) is 3.03. The minimum Gasteiger partial charge on any atom is -0.339 e. The number of hydrogen-bond acceptors (Lipinski definition) is 5. The molecule has 0 N–H and O–H groups in total. The molecule has 1 atom stereocenters. The number of halogens is 2. The summed E-state index contributed by atoms with van der Waals surface area (Å²) >= 11 is 0. The molecular weight excluding hydrogens is 376 g/mol. The molecule has 0 aliphatic carbocycles. The van der Waals surface area contributed by atoms with Crippen LogP contribution in [-0.2, 0) is 15.5 Å². The lowest BCUT2D eigenvalue weighted by atomic mass is 10.1. The number of nitrogens with zero attached hydrogens (tertiary/aromatic N) is 3. The van der Waals surface area contributed by atoms with E-state index in [1.54, 1.807) is 19.1 Å². The van der Waals surface area contributed by atoms with Gasteiger partial charge in [-0.15, -0.1) is 0 Å². The minimum absolute atomic E-state index is 0.0308. The number of amides is 1. The molecule has 0 saturated carbocycles. The molecule has 3 aromatic rings. The van der Waals surface area contributed by atoms with Crippen LogP contribution in [0.4, 0.5) is 8.78 Å². The van der Waals surface area contributed by atoms with Gasteiger partial charge in [0.05, 0.1) is 15.5 Å². The van der Waals surface area contributed by atoms with Crippen molar-refractivity contribution < 1.29 is 22.3 Å². The molecule has 1 heterocycles. The summed E-state index contributed by atoms with van der Waals surface area (Å²) in [5.74, 6) is -1.75. The van der Waals surface area contributed by atoms with Crippen LogP contribution < -0.4 is 0 Å². The molecule has 0 aliphatic rings. The quantitative estimate of drug-likeness (QED) is 0.676. The second-order valence-electron chi connectivity index (χ2n) is 5.95. The highest BCUT2D eigenvalue weighted by molar-refractivity contribution is 7.92. The molecule has 2 aromatic carbocycles. The Morgan fingerprint density at radius 3 is 2.48 bits per heavy atom. The SMILES string of the molecule is Cc1nc(-c2ccc(C(=O)N=S(C)(=O)Cc3ccc(F)cc3F)cc2)no1. The van der Waals surface area contributed by atoms with Crippen molar-refractivity contribution in [3.8, 4) is 11.4 Å². The topological polar surface area (TPSA) is 85.4 Å². The summed E-state index contributed by atoms with van der Waals surface area (Å²) in [4.78, 5) is 16.4. The number of aryl methyl sites for hydroxylation is 1. The summed E-state index contributed by atoms with van der Waals surface area (Å²) in [7, 11) is -3.05. The third-order valence-electron chi connectivity index (χ3n) is 3.63. The van der Waals surface area contributed by atoms with Crippen molar-refractivity contribution in [3.05, 3.63) is 71.1 Å². The van der Waals surface area contributed by atoms with Crippen LogP contribution in [0.25, 0.3) is 11.4 Å². The largest absolute Gasteiger partial charge is 0.339 e. The third-order valence-corrected chi connectivity index (χ3v) is 5.03. The Hall–Kier alpha value is -2.94. The first-order valence-corrected chi connectivity index (χ1v) is 9.91. The maximum absolute atomic E-state index is 13.7. The van der Waals surface area contributed by atoms with Gasteiger partial charge in [0.2, 0.25) is 11.7 Å². The lowest BCUT2D eigenvalue weighted by molar-refractivity contribution is 0.100. The maximum Gasteiger partial charge on any atom is 0.285 e. The first-order valence-electron chi connectivity index (χ1n) is 7.82. The highest BCUT2D eigenvalue weighted by Gasteiger charge is 2.14. The van der Waals surface area contributed by atoms with E-state index < -0.39 is 27.3 Å². The molecule has 0 saturated heterocycles. The van der Waals surface area contributed by atoms with E-state index in [2.05, 4.69) is 14.5 Å². The summed E-state index contributed by atoms with van der Waals surface area (Å²) in [6.07, 6.45) is 1.25. The van der Waals surface area contributed by atoms with Crippen molar-refractivity contribution in [2.45, 2.75) is 12.7 Å². The van der Waals surface area contributed by atoms with Gasteiger partial charge in [-0.2, -0.15) is 9.35 Å². The van der Waals surface area contributed by atoms with Gasteiger partial charge in [0.1, 0.15) is 11.6 Å². The van der Waals surface area contributed by atoms with Crippen LogP contribution in [0, 0.1) is 18.6 Å². The van der Waals surface area contributed by atoms with Crippen molar-refractivity contribution in [3.63, 3.8) is 0 Å². The van der Waals surface area contributed by atoms with Crippen LogP contribution in [-0.4, -0.2) is 26.5 Å². The van der Waals surface area contributed by atoms with E-state index >= 15 is 0 Å². The average molecular weight is 391 g/mol. The van der Waals surface area contributed by atoms with E-state index in [9.17, 15) is 17.8 Å². The fraction of sp³-hybridized carbons (Fsp3) is 0.167. The lowest BCUT2D eigenvalue weighted by Gasteiger charge is -2.06. The molecule has 0 spiro atoms. The monoisotopic (exact) mass is 391 g/mol. The van der Waals surface area contributed by atoms with Gasteiger partial charge in [0.25, 0.3) is 5.91 Å². The first kappa shape index (κ1) is 18.8. The molecule has 3 rings (SSSR count). The van der Waals surface area contributed by atoms with Gasteiger partial charge in [0.15, 0.2) is 0 Å². The zero-order chi connectivity index (χ0) is 19.6. The Labute approximate surface area is 154 Å². The predicted molar refractivity (Wildman–Crippen MR) is 95.4 cm³/mol. The van der Waals surface area contributed by atoms with Crippen LogP contribution in [0.3, 0.4) is 0 Å². The van der Waals surface area contributed by atoms with Crippen LogP contribution >= 0.6 is 0 Å². The van der Waals surface area contributed by atoms with Crippen LogP contribution in [0.15, 0.2) is 51.4 Å². The number of benzene rings is 2.